The van der Waals surface area contributed by atoms with Crippen LogP contribution in [0.1, 0.15) is 25.1 Å². The summed E-state index contributed by atoms with van der Waals surface area (Å²) in [6.07, 6.45) is 2.70. The van der Waals surface area contributed by atoms with Gasteiger partial charge in [0.15, 0.2) is 21.3 Å². The van der Waals surface area contributed by atoms with Crippen molar-refractivity contribution < 1.29 is 13.2 Å². The molecule has 0 aromatic carbocycles. The summed E-state index contributed by atoms with van der Waals surface area (Å²) in [6, 6.07) is 3.80. The smallest absolute Gasteiger partial charge is 0.224 e. The highest BCUT2D eigenvalue weighted by Gasteiger charge is 2.32. The lowest BCUT2D eigenvalue weighted by atomic mass is 10.1. The summed E-state index contributed by atoms with van der Waals surface area (Å²) in [6.45, 7) is 2.15. The Hall–Kier alpha value is -2.23. The summed E-state index contributed by atoms with van der Waals surface area (Å²) in [5, 5.41) is 15.5. The number of carbonyl (C=O) groups is 1. The van der Waals surface area contributed by atoms with Crippen LogP contribution in [0.4, 0.5) is 5.82 Å². The van der Waals surface area contributed by atoms with Crippen LogP contribution >= 0.6 is 0 Å². The molecule has 2 aromatic rings. The zero-order valence-corrected chi connectivity index (χ0v) is 14.6. The zero-order valence-electron chi connectivity index (χ0n) is 13.8. The van der Waals surface area contributed by atoms with Gasteiger partial charge < -0.3 is 10.2 Å². The Morgan fingerprint density at radius 3 is 2.76 bits per heavy atom. The van der Waals surface area contributed by atoms with E-state index < -0.39 is 15.8 Å². The third-order valence-corrected chi connectivity index (χ3v) is 6.54. The maximum absolute atomic E-state index is 12.2. The van der Waals surface area contributed by atoms with E-state index in [-0.39, 0.29) is 24.0 Å². The maximum atomic E-state index is 12.2. The molecule has 25 heavy (non-hydrogen) atoms. The minimum Gasteiger partial charge on any atom is -0.355 e. The van der Waals surface area contributed by atoms with Crippen molar-refractivity contribution in [1.82, 2.24) is 25.1 Å². The van der Waals surface area contributed by atoms with Crippen LogP contribution in [0, 0.1) is 5.92 Å². The summed E-state index contributed by atoms with van der Waals surface area (Å²) in [4.78, 5) is 14.4. The van der Waals surface area contributed by atoms with Crippen molar-refractivity contribution >= 4 is 27.2 Å². The highest BCUT2D eigenvalue weighted by molar-refractivity contribution is 7.91. The van der Waals surface area contributed by atoms with Crippen molar-refractivity contribution in [2.45, 2.75) is 25.8 Å². The number of anilines is 1. The largest absolute Gasteiger partial charge is 0.355 e. The Bertz CT molecular complexity index is 903. The molecule has 1 N–H and O–H groups in total. The average Bonchev–Trinajstić information content (AvgIpc) is 3.31. The Balaban J connectivity index is 1.47. The van der Waals surface area contributed by atoms with Gasteiger partial charge in [-0.25, -0.2) is 8.42 Å². The van der Waals surface area contributed by atoms with E-state index in [1.54, 1.807) is 4.52 Å². The lowest BCUT2D eigenvalue weighted by Gasteiger charge is -2.16. The molecule has 0 saturated carbocycles. The van der Waals surface area contributed by atoms with E-state index >= 15 is 0 Å². The Kier molecular flexibility index (Phi) is 4.06. The molecule has 9 nitrogen and oxygen atoms in total. The first kappa shape index (κ1) is 16.2. The molecule has 2 aromatic heterocycles. The fraction of sp³-hybridized carbons (Fsp3) is 0.600. The summed E-state index contributed by atoms with van der Waals surface area (Å²) in [5.74, 6) is 0.687. The number of nitrogens with zero attached hydrogens (tertiary/aromatic N) is 5. The lowest BCUT2D eigenvalue weighted by Crippen LogP contribution is -2.31. The van der Waals surface area contributed by atoms with E-state index in [0.29, 0.717) is 17.9 Å². The fourth-order valence-electron chi connectivity index (χ4n) is 3.36. The molecular weight excluding hydrogens is 344 g/mol. The fourth-order valence-corrected chi connectivity index (χ4v) is 5.10. The molecule has 2 fully saturated rings. The van der Waals surface area contributed by atoms with Crippen LogP contribution in [0.3, 0.4) is 0 Å². The molecule has 2 aliphatic heterocycles. The molecular formula is C15H20N6O3S. The number of sulfone groups is 1. The van der Waals surface area contributed by atoms with Crippen LogP contribution < -0.4 is 10.2 Å². The highest BCUT2D eigenvalue weighted by Crippen LogP contribution is 2.19. The quantitative estimate of drug-likeness (QED) is 0.798. The van der Waals surface area contributed by atoms with Crippen LogP contribution in [-0.2, 0) is 21.2 Å². The van der Waals surface area contributed by atoms with E-state index in [2.05, 4.69) is 25.5 Å². The Morgan fingerprint density at radius 2 is 2.04 bits per heavy atom. The number of rotatable bonds is 4. The van der Waals surface area contributed by atoms with E-state index in [4.69, 9.17) is 0 Å². The van der Waals surface area contributed by atoms with Crippen LogP contribution in [-0.4, -0.2) is 58.7 Å². The number of fused-ring (bicyclic) bond motifs is 1. The molecule has 10 heteroatoms. The van der Waals surface area contributed by atoms with Gasteiger partial charge in [0.25, 0.3) is 0 Å². The van der Waals surface area contributed by atoms with Crippen molar-refractivity contribution in [1.29, 1.82) is 0 Å². The molecule has 1 amide bonds. The Morgan fingerprint density at radius 1 is 1.24 bits per heavy atom. The molecule has 2 aliphatic rings. The van der Waals surface area contributed by atoms with E-state index in [1.165, 1.54) is 0 Å². The van der Waals surface area contributed by atoms with Crippen molar-refractivity contribution in [2.75, 3.05) is 29.5 Å². The average molecular weight is 364 g/mol. The van der Waals surface area contributed by atoms with Crippen LogP contribution in [0.15, 0.2) is 12.1 Å². The second-order valence-corrected chi connectivity index (χ2v) is 8.82. The molecule has 1 atom stereocenters. The van der Waals surface area contributed by atoms with Gasteiger partial charge >= 0.3 is 0 Å². The molecule has 2 saturated heterocycles. The van der Waals surface area contributed by atoms with Gasteiger partial charge in [0.1, 0.15) is 5.82 Å². The first-order valence-electron chi connectivity index (χ1n) is 8.46. The first-order chi connectivity index (χ1) is 12.0. The monoisotopic (exact) mass is 364 g/mol. The van der Waals surface area contributed by atoms with E-state index in [9.17, 15) is 13.2 Å². The van der Waals surface area contributed by atoms with Crippen molar-refractivity contribution in [3.63, 3.8) is 0 Å². The van der Waals surface area contributed by atoms with Gasteiger partial charge in [-0.2, -0.15) is 4.52 Å². The van der Waals surface area contributed by atoms with Crippen LogP contribution in [0.25, 0.3) is 5.65 Å². The van der Waals surface area contributed by atoms with Gasteiger partial charge in [-0.15, -0.1) is 15.3 Å². The molecule has 0 radical (unpaired) electrons. The van der Waals surface area contributed by atoms with E-state index in [1.807, 2.05) is 12.1 Å². The van der Waals surface area contributed by atoms with Crippen LogP contribution in [0.2, 0.25) is 0 Å². The standard InChI is InChI=1S/C15H20N6O3S/c22-15(11-5-8-25(23,24)10-11)16-9-14-18-17-12-3-4-13(19-21(12)14)20-6-1-2-7-20/h3-4,11H,1-2,5-10H2,(H,16,22)/t11-/m0/s1. The summed E-state index contributed by atoms with van der Waals surface area (Å²) in [5.41, 5.74) is 0.621. The number of aromatic nitrogens is 4. The molecule has 134 valence electrons. The second-order valence-electron chi connectivity index (χ2n) is 6.59. The number of carbonyl (C=O) groups excluding carboxylic acids is 1. The number of hydrogen-bond donors (Lipinski definition) is 1. The topological polar surface area (TPSA) is 110 Å². The zero-order chi connectivity index (χ0) is 17.4. The van der Waals surface area contributed by atoms with Gasteiger partial charge in [0.2, 0.25) is 5.91 Å². The molecule has 0 spiro atoms. The SMILES string of the molecule is O=C(NCc1nnc2ccc(N3CCCC3)nn12)[C@H]1CCS(=O)(=O)C1. The van der Waals surface area contributed by atoms with Crippen molar-refractivity contribution in [2.24, 2.45) is 5.92 Å². The predicted octanol–water partition coefficient (Wildman–Crippen LogP) is -0.225. The van der Waals surface area contributed by atoms with Crippen molar-refractivity contribution in [3.05, 3.63) is 18.0 Å². The summed E-state index contributed by atoms with van der Waals surface area (Å²) >= 11 is 0. The third kappa shape index (κ3) is 3.30. The predicted molar refractivity (Wildman–Crippen MR) is 90.8 cm³/mol. The molecule has 4 rings (SSSR count). The number of amides is 1. The lowest BCUT2D eigenvalue weighted by molar-refractivity contribution is -0.124. The van der Waals surface area contributed by atoms with E-state index in [0.717, 1.165) is 31.7 Å². The van der Waals surface area contributed by atoms with Gasteiger partial charge in [-0.1, -0.05) is 0 Å². The summed E-state index contributed by atoms with van der Waals surface area (Å²) < 4.78 is 24.6. The third-order valence-electron chi connectivity index (χ3n) is 4.77. The normalized spacial score (nSPS) is 22.6. The second kappa shape index (κ2) is 6.25. The summed E-state index contributed by atoms with van der Waals surface area (Å²) in [7, 11) is -3.07. The Labute approximate surface area is 145 Å². The van der Waals surface area contributed by atoms with Gasteiger partial charge in [0.05, 0.1) is 24.0 Å². The van der Waals surface area contributed by atoms with Gasteiger partial charge in [-0.05, 0) is 31.4 Å². The van der Waals surface area contributed by atoms with Gasteiger partial charge in [0, 0.05) is 13.1 Å². The van der Waals surface area contributed by atoms with Crippen LogP contribution in [0.5, 0.6) is 0 Å². The first-order valence-corrected chi connectivity index (χ1v) is 10.3. The minimum absolute atomic E-state index is 0.0726. The van der Waals surface area contributed by atoms with Gasteiger partial charge in [-0.3, -0.25) is 4.79 Å². The maximum Gasteiger partial charge on any atom is 0.224 e. The number of hydrogen-bond acceptors (Lipinski definition) is 7. The minimum atomic E-state index is -3.07. The number of nitrogens with one attached hydrogen (secondary N) is 1. The molecule has 0 unspecified atom stereocenters. The molecule has 0 aliphatic carbocycles. The highest BCUT2D eigenvalue weighted by atomic mass is 32.2. The molecule has 4 heterocycles. The molecule has 0 bridgehead atoms. The van der Waals surface area contributed by atoms with Crippen molar-refractivity contribution in [3.8, 4) is 0 Å².